The van der Waals surface area contributed by atoms with Crippen molar-refractivity contribution in [2.45, 2.75) is 114 Å². The molecule has 2 saturated carbocycles. The van der Waals surface area contributed by atoms with Crippen LogP contribution in [-0.4, -0.2) is 57.4 Å². The topological polar surface area (TPSA) is 223 Å². The summed E-state index contributed by atoms with van der Waals surface area (Å²) in [5, 5.41) is 52.5. The Balaban J connectivity index is 1.32. The summed E-state index contributed by atoms with van der Waals surface area (Å²) in [6, 6.07) is 6.48. The fourth-order valence-corrected chi connectivity index (χ4v) is 12.7. The van der Waals surface area contributed by atoms with Gasteiger partial charge in [-0.05, 0) is 128 Å². The van der Waals surface area contributed by atoms with Crippen molar-refractivity contribution >= 4 is 16.9 Å². The molecule has 2 fully saturated rings. The lowest BCUT2D eigenvalue weighted by molar-refractivity contribution is -0.169. The molecule has 0 spiro atoms. The molecule has 10 N–H and O–H groups in total. The van der Waals surface area contributed by atoms with Gasteiger partial charge in [0.25, 0.3) is 0 Å². The van der Waals surface area contributed by atoms with Crippen LogP contribution in [0.15, 0.2) is 91.6 Å². The normalized spacial score (nSPS) is 30.3. The lowest BCUT2D eigenvalue weighted by atomic mass is 9.61. The highest BCUT2D eigenvalue weighted by molar-refractivity contribution is 5.92. The summed E-state index contributed by atoms with van der Waals surface area (Å²) in [7, 11) is 0. The summed E-state index contributed by atoms with van der Waals surface area (Å²) >= 11 is 0. The summed E-state index contributed by atoms with van der Waals surface area (Å²) < 4.78 is 21.0. The van der Waals surface area contributed by atoms with Crippen LogP contribution in [0.2, 0.25) is 0 Å². The largest absolute Gasteiger partial charge is 0.508 e. The first-order valence-electron chi connectivity index (χ1n) is 22.7. The number of phenols is 2. The predicted molar refractivity (Wildman–Crippen MR) is 236 cm³/mol. The second-order valence-electron chi connectivity index (χ2n) is 18.8. The number of allylic oxidation sites excluding steroid dienone is 5. The molecule has 13 nitrogen and oxygen atoms in total. The van der Waals surface area contributed by atoms with Gasteiger partial charge in [0.2, 0.25) is 0 Å². The Morgan fingerprint density at radius 3 is 2.63 bits per heavy atom. The number of fused-ring (bicyclic) bond motifs is 9. The minimum atomic E-state index is -1.25. The van der Waals surface area contributed by atoms with Gasteiger partial charge in [0.1, 0.15) is 58.1 Å². The molecule has 2 aromatic carbocycles. The molecule has 0 radical (unpaired) electrons. The van der Waals surface area contributed by atoms with Crippen LogP contribution in [0.3, 0.4) is 0 Å². The molecule has 3 aliphatic carbocycles. The molecule has 4 bridgehead atoms. The summed E-state index contributed by atoms with van der Waals surface area (Å²) in [5.74, 6) is -2.06. The van der Waals surface area contributed by atoms with Gasteiger partial charge in [0, 0.05) is 59.7 Å². The van der Waals surface area contributed by atoms with E-state index in [0.717, 1.165) is 71.9 Å². The standard InChI is InChI=1S/C50H58N4O9/c1-3-30(24-6-4-5-7-24)49(60)62-39-20-35-45(59)43-38(58)19-29(22-55)61-47(43)44-41-33-14-15-53-48(52)42(33)32(13-9-25-8-11-28(57)18-34(25)36(41)23-56)31-12-10-26-17-40(51)54-21-27(26)16-37(31)50(39,2)63-46(35)44/h3,8,11,14,17-19,21,24,31-32,36-37,39-41,53-57,59H,4-7,9-10,12-13,15-16,20,22-23,51-52H2,1-2H3/b30-3-/t31-,32-,36+,37-,39+,40?,41+,50-/m0/s1. The number of phenolic OH excluding ortho intramolecular Hbond substituents is 2. The molecule has 7 aliphatic rings. The molecule has 332 valence electrons. The molecule has 10 rings (SSSR count). The Kier molecular flexibility index (Phi) is 10.5. The Hall–Kier alpha value is -5.50. The van der Waals surface area contributed by atoms with Crippen LogP contribution in [0.25, 0.3) is 11.0 Å². The number of aromatic hydroxyl groups is 2. The number of carbonyl (C=O) groups excluding carboxylic acids is 1. The molecule has 1 unspecified atom stereocenters. The average Bonchev–Trinajstić information content (AvgIpc) is 3.74. The number of aryl methyl sites for hydroxylation is 1. The molecular formula is C50H58N4O9. The van der Waals surface area contributed by atoms with Crippen LogP contribution in [0.4, 0.5) is 0 Å². The molecule has 3 aromatic rings. The van der Waals surface area contributed by atoms with E-state index in [1.54, 1.807) is 12.1 Å². The molecule has 4 aliphatic heterocycles. The fraction of sp³-hybridized carbons (Fsp3) is 0.480. The monoisotopic (exact) mass is 858 g/mol. The van der Waals surface area contributed by atoms with Gasteiger partial charge >= 0.3 is 5.97 Å². The molecule has 5 heterocycles. The van der Waals surface area contributed by atoms with Gasteiger partial charge in [-0.15, -0.1) is 0 Å². The zero-order valence-electron chi connectivity index (χ0n) is 35.9. The smallest absolute Gasteiger partial charge is 0.334 e. The first-order valence-corrected chi connectivity index (χ1v) is 22.7. The molecule has 13 heteroatoms. The van der Waals surface area contributed by atoms with Crippen molar-refractivity contribution < 1.29 is 39.1 Å². The second kappa shape index (κ2) is 15.9. The van der Waals surface area contributed by atoms with E-state index < -0.39 is 41.5 Å². The Morgan fingerprint density at radius 2 is 1.87 bits per heavy atom. The predicted octanol–water partition coefficient (Wildman–Crippen LogP) is 5.69. The molecule has 1 aromatic heterocycles. The lowest BCUT2D eigenvalue weighted by Crippen LogP contribution is -2.59. The van der Waals surface area contributed by atoms with Gasteiger partial charge in [-0.25, -0.2) is 4.79 Å². The summed E-state index contributed by atoms with van der Waals surface area (Å²) in [6.07, 6.45) is 13.9. The van der Waals surface area contributed by atoms with E-state index >= 15 is 0 Å². The highest BCUT2D eigenvalue weighted by Crippen LogP contribution is 2.61. The fourth-order valence-electron chi connectivity index (χ4n) is 12.7. The van der Waals surface area contributed by atoms with Crippen molar-refractivity contribution in [3.05, 3.63) is 121 Å². The highest BCUT2D eigenvalue weighted by Gasteiger charge is 2.58. The molecular weight excluding hydrogens is 801 g/mol. The van der Waals surface area contributed by atoms with E-state index in [0.29, 0.717) is 42.8 Å². The number of hydrogen-bond donors (Lipinski definition) is 8. The van der Waals surface area contributed by atoms with Crippen molar-refractivity contribution in [3.8, 4) is 17.2 Å². The maximum Gasteiger partial charge on any atom is 0.334 e. The lowest BCUT2D eigenvalue weighted by Gasteiger charge is -2.52. The number of ether oxygens (including phenoxy) is 2. The van der Waals surface area contributed by atoms with Crippen LogP contribution in [0.5, 0.6) is 17.2 Å². The Morgan fingerprint density at radius 1 is 1.06 bits per heavy atom. The Labute approximate surface area is 366 Å². The summed E-state index contributed by atoms with van der Waals surface area (Å²) in [5.41, 5.74) is 18.9. The maximum atomic E-state index is 14.7. The zero-order chi connectivity index (χ0) is 43.9. The number of aliphatic hydroxyl groups excluding tert-OH is 2. The van der Waals surface area contributed by atoms with E-state index in [-0.39, 0.29) is 82.4 Å². The summed E-state index contributed by atoms with van der Waals surface area (Å²) in [4.78, 5) is 28.9. The molecule has 0 amide bonds. The van der Waals surface area contributed by atoms with Gasteiger partial charge in [-0.2, -0.15) is 0 Å². The zero-order valence-corrected chi connectivity index (χ0v) is 35.9. The first kappa shape index (κ1) is 41.5. The van der Waals surface area contributed by atoms with Crippen LogP contribution < -0.4 is 32.3 Å². The van der Waals surface area contributed by atoms with Crippen LogP contribution in [0, 0.1) is 23.7 Å². The minimum Gasteiger partial charge on any atom is -0.508 e. The number of benzene rings is 2. The van der Waals surface area contributed by atoms with Gasteiger partial charge in [0.15, 0.2) is 5.43 Å². The molecule has 0 saturated heterocycles. The van der Waals surface area contributed by atoms with Gasteiger partial charge in [-0.3, -0.25) is 4.79 Å². The number of carbonyl (C=O) groups is 1. The van der Waals surface area contributed by atoms with E-state index in [1.807, 2.05) is 32.2 Å². The molecule has 63 heavy (non-hydrogen) atoms. The number of dihydropyridines is 2. The van der Waals surface area contributed by atoms with Gasteiger partial charge in [-0.1, -0.05) is 31.1 Å². The van der Waals surface area contributed by atoms with Crippen LogP contribution in [0.1, 0.15) is 105 Å². The van der Waals surface area contributed by atoms with Crippen molar-refractivity contribution in [2.24, 2.45) is 35.1 Å². The third-order valence-corrected chi connectivity index (χ3v) is 15.7. The average molecular weight is 859 g/mol. The number of nitrogens with two attached hydrogens (primary N) is 2. The summed E-state index contributed by atoms with van der Waals surface area (Å²) in [6.45, 7) is 3.32. The van der Waals surface area contributed by atoms with E-state index in [9.17, 15) is 30.0 Å². The number of hydrogen-bond acceptors (Lipinski definition) is 13. The number of nitrogens with one attached hydrogen (secondary N) is 2. The SMILES string of the molecule is C/C=C(\C(=O)O[C@@H]1Cc2c3c(c4oc(CO)cc(=O)c4c2O)[C@@H]2C4=CCNC(N)=C4[C@@H](CCc4ccc(O)cc4[C@H]2CO)[C@@H]2CCC4=CC(N)NC=C4C[C@@H]2[C@]1(C)O3)C1CCCC1. The van der Waals surface area contributed by atoms with Crippen molar-refractivity contribution in [1.29, 1.82) is 0 Å². The number of aliphatic hydroxyl groups is 2. The molecule has 8 atom stereocenters. The van der Waals surface area contributed by atoms with E-state index in [4.69, 9.17) is 25.4 Å². The van der Waals surface area contributed by atoms with Crippen LogP contribution >= 0.6 is 0 Å². The number of rotatable bonds is 5. The quantitative estimate of drug-likeness (QED) is 0.114. The highest BCUT2D eigenvalue weighted by atomic mass is 16.6. The van der Waals surface area contributed by atoms with Gasteiger partial charge < -0.3 is 56.4 Å². The second-order valence-corrected chi connectivity index (χ2v) is 18.8. The maximum absolute atomic E-state index is 14.7. The van der Waals surface area contributed by atoms with E-state index in [2.05, 4.69) is 22.8 Å². The first-order chi connectivity index (χ1) is 30.4. The van der Waals surface area contributed by atoms with Crippen LogP contribution in [-0.2, 0) is 29.0 Å². The van der Waals surface area contributed by atoms with E-state index in [1.165, 1.54) is 6.07 Å². The third kappa shape index (κ3) is 6.68. The minimum absolute atomic E-state index is 0.0106. The van der Waals surface area contributed by atoms with Crippen molar-refractivity contribution in [3.63, 3.8) is 0 Å². The third-order valence-electron chi connectivity index (χ3n) is 15.7. The Bertz CT molecular complexity index is 2620. The van der Waals surface area contributed by atoms with Crippen molar-refractivity contribution in [2.75, 3.05) is 13.2 Å². The van der Waals surface area contributed by atoms with Crippen molar-refractivity contribution in [1.82, 2.24) is 10.6 Å². The number of esters is 1. The van der Waals surface area contributed by atoms with Gasteiger partial charge in [0.05, 0.1) is 12.8 Å².